The van der Waals surface area contributed by atoms with Crippen molar-refractivity contribution < 1.29 is 8.42 Å². The van der Waals surface area contributed by atoms with Gasteiger partial charge >= 0.3 is 0 Å². The van der Waals surface area contributed by atoms with Crippen LogP contribution in [-0.2, 0) is 23.6 Å². The monoisotopic (exact) mass is 328 g/mol. The minimum Gasteiger partial charge on any atom is -0.299 e. The van der Waals surface area contributed by atoms with E-state index in [-0.39, 0.29) is 11.8 Å². The summed E-state index contributed by atoms with van der Waals surface area (Å²) in [6.45, 7) is 8.79. The van der Waals surface area contributed by atoms with Crippen LogP contribution in [-0.4, -0.2) is 48.0 Å². The normalized spacial score (nSPS) is 18.0. The summed E-state index contributed by atoms with van der Waals surface area (Å²) >= 11 is 0. The molecule has 1 N–H and O–H groups in total. The number of hydrogen-bond donors (Lipinski definition) is 1. The number of sulfonamides is 1. The molecule has 1 aliphatic rings. The minimum atomic E-state index is -3.10. The van der Waals surface area contributed by atoms with Crippen LogP contribution < -0.4 is 4.72 Å². The Balaban J connectivity index is 1.87. The van der Waals surface area contributed by atoms with Gasteiger partial charge in [-0.15, -0.1) is 0 Å². The van der Waals surface area contributed by atoms with Gasteiger partial charge in [-0.1, -0.05) is 6.92 Å². The van der Waals surface area contributed by atoms with E-state index in [9.17, 15) is 8.42 Å². The van der Waals surface area contributed by atoms with Gasteiger partial charge in [0.1, 0.15) is 0 Å². The highest BCUT2D eigenvalue weighted by molar-refractivity contribution is 7.89. The number of aromatic nitrogens is 2. The summed E-state index contributed by atoms with van der Waals surface area (Å²) in [5.41, 5.74) is 3.60. The fraction of sp³-hybridized carbons (Fsp3) is 0.800. The molecule has 0 bridgehead atoms. The lowest BCUT2D eigenvalue weighted by Gasteiger charge is -2.32. The number of hydrogen-bond acceptors (Lipinski definition) is 4. The zero-order valence-corrected chi connectivity index (χ0v) is 14.9. The predicted molar refractivity (Wildman–Crippen MR) is 88.2 cm³/mol. The number of aryl methyl sites for hydroxylation is 2. The Bertz CT molecular complexity index is 601. The van der Waals surface area contributed by atoms with E-state index in [0.29, 0.717) is 6.42 Å². The minimum absolute atomic E-state index is 0.0869. The molecule has 1 aromatic rings. The Morgan fingerprint density at radius 3 is 2.41 bits per heavy atom. The Kier molecular flexibility index (Phi) is 5.63. The van der Waals surface area contributed by atoms with Crippen LogP contribution >= 0.6 is 0 Å². The lowest BCUT2D eigenvalue weighted by Crippen LogP contribution is -2.44. The number of rotatable bonds is 6. The van der Waals surface area contributed by atoms with Gasteiger partial charge in [0.05, 0.1) is 11.4 Å². The first-order valence-electron chi connectivity index (χ1n) is 8.04. The number of likely N-dealkylation sites (tertiary alicyclic amines) is 1. The van der Waals surface area contributed by atoms with Crippen LogP contribution in [0.5, 0.6) is 0 Å². The molecule has 0 aliphatic carbocycles. The maximum atomic E-state index is 11.8. The van der Waals surface area contributed by atoms with E-state index in [2.05, 4.69) is 21.6 Å². The van der Waals surface area contributed by atoms with Crippen molar-refractivity contribution in [1.82, 2.24) is 19.4 Å². The van der Waals surface area contributed by atoms with Crippen molar-refractivity contribution in [3.8, 4) is 0 Å². The lowest BCUT2D eigenvalue weighted by atomic mass is 10.0. The van der Waals surface area contributed by atoms with E-state index in [0.717, 1.165) is 38.2 Å². The summed E-state index contributed by atoms with van der Waals surface area (Å²) in [5.74, 6) is 0.224. The Morgan fingerprint density at radius 2 is 1.91 bits per heavy atom. The first kappa shape index (κ1) is 17.4. The van der Waals surface area contributed by atoms with Crippen LogP contribution in [0.1, 0.15) is 43.1 Å². The molecule has 2 heterocycles. The molecule has 6 nitrogen and oxygen atoms in total. The van der Waals surface area contributed by atoms with Crippen molar-refractivity contribution in [3.05, 3.63) is 17.0 Å². The van der Waals surface area contributed by atoms with Crippen molar-refractivity contribution in [2.24, 2.45) is 7.05 Å². The SMILES string of the molecule is CCCS(=O)(=O)NC1CCN(Cc2c(C)nn(C)c2C)CC1. The van der Waals surface area contributed by atoms with Crippen LogP contribution in [0.4, 0.5) is 0 Å². The number of piperidine rings is 1. The summed E-state index contributed by atoms with van der Waals surface area (Å²) in [7, 11) is -1.13. The highest BCUT2D eigenvalue weighted by Crippen LogP contribution is 2.18. The molecule has 0 spiro atoms. The molecular weight excluding hydrogens is 300 g/mol. The molecule has 0 radical (unpaired) electrons. The third-order valence-corrected chi connectivity index (χ3v) is 6.09. The van der Waals surface area contributed by atoms with E-state index in [4.69, 9.17) is 0 Å². The molecular formula is C15H28N4O2S. The van der Waals surface area contributed by atoms with Gasteiger partial charge in [-0.3, -0.25) is 9.58 Å². The molecule has 0 amide bonds. The molecule has 1 aromatic heterocycles. The Morgan fingerprint density at radius 1 is 1.27 bits per heavy atom. The van der Waals surface area contributed by atoms with Gasteiger partial charge in [0.2, 0.25) is 10.0 Å². The molecule has 0 atom stereocenters. The van der Waals surface area contributed by atoms with Crippen molar-refractivity contribution in [2.45, 2.75) is 52.6 Å². The van der Waals surface area contributed by atoms with Crippen LogP contribution in [0.25, 0.3) is 0 Å². The summed E-state index contributed by atoms with van der Waals surface area (Å²) in [4.78, 5) is 2.39. The third kappa shape index (κ3) is 4.30. The molecule has 2 rings (SSSR count). The fourth-order valence-corrected chi connectivity index (χ4v) is 4.46. The van der Waals surface area contributed by atoms with E-state index in [1.165, 1.54) is 11.3 Å². The highest BCUT2D eigenvalue weighted by Gasteiger charge is 2.24. The largest absolute Gasteiger partial charge is 0.299 e. The topological polar surface area (TPSA) is 67.2 Å². The van der Waals surface area contributed by atoms with Crippen molar-refractivity contribution in [2.75, 3.05) is 18.8 Å². The smallest absolute Gasteiger partial charge is 0.211 e. The van der Waals surface area contributed by atoms with Crippen LogP contribution in [0, 0.1) is 13.8 Å². The van der Waals surface area contributed by atoms with Crippen LogP contribution in [0.3, 0.4) is 0 Å². The maximum absolute atomic E-state index is 11.8. The fourth-order valence-electron chi connectivity index (χ4n) is 3.06. The van der Waals surface area contributed by atoms with Crippen molar-refractivity contribution >= 4 is 10.0 Å². The second-order valence-corrected chi connectivity index (χ2v) is 8.13. The standard InChI is InChI=1S/C15H28N4O2S/c1-5-10-22(20,21)17-14-6-8-19(9-7-14)11-15-12(2)16-18(4)13(15)3/h14,17H,5-11H2,1-4H3. The van der Waals surface area contributed by atoms with Gasteiger partial charge in [-0.25, -0.2) is 13.1 Å². The van der Waals surface area contributed by atoms with Crippen molar-refractivity contribution in [1.29, 1.82) is 0 Å². The zero-order chi connectivity index (χ0) is 16.3. The second kappa shape index (κ2) is 7.10. The first-order chi connectivity index (χ1) is 10.3. The molecule has 1 aliphatic heterocycles. The first-order valence-corrected chi connectivity index (χ1v) is 9.69. The summed E-state index contributed by atoms with van der Waals surface area (Å²) < 4.78 is 28.4. The van der Waals surface area contributed by atoms with Crippen molar-refractivity contribution in [3.63, 3.8) is 0 Å². The van der Waals surface area contributed by atoms with E-state index < -0.39 is 10.0 Å². The van der Waals surface area contributed by atoms with E-state index in [1.54, 1.807) is 0 Å². The van der Waals surface area contributed by atoms with E-state index >= 15 is 0 Å². The molecule has 0 unspecified atom stereocenters. The molecule has 22 heavy (non-hydrogen) atoms. The number of nitrogens with one attached hydrogen (secondary N) is 1. The lowest BCUT2D eigenvalue weighted by molar-refractivity contribution is 0.199. The predicted octanol–water partition coefficient (Wildman–Crippen LogP) is 1.33. The summed E-state index contributed by atoms with van der Waals surface area (Å²) in [6, 6.07) is 0.0869. The highest BCUT2D eigenvalue weighted by atomic mass is 32.2. The molecule has 7 heteroatoms. The zero-order valence-electron chi connectivity index (χ0n) is 14.1. The Hall–Kier alpha value is -0.920. The molecule has 0 saturated carbocycles. The van der Waals surface area contributed by atoms with Gasteiger partial charge in [0.25, 0.3) is 0 Å². The maximum Gasteiger partial charge on any atom is 0.211 e. The van der Waals surface area contributed by atoms with Gasteiger partial charge in [-0.05, 0) is 33.1 Å². The third-order valence-electron chi connectivity index (χ3n) is 4.45. The average molecular weight is 328 g/mol. The molecule has 1 saturated heterocycles. The molecule has 0 aromatic carbocycles. The van der Waals surface area contributed by atoms with Gasteiger partial charge < -0.3 is 0 Å². The average Bonchev–Trinajstić information content (AvgIpc) is 2.67. The molecule has 1 fully saturated rings. The van der Waals surface area contributed by atoms with Gasteiger partial charge in [-0.2, -0.15) is 5.10 Å². The van der Waals surface area contributed by atoms with Gasteiger partial charge in [0.15, 0.2) is 0 Å². The quantitative estimate of drug-likeness (QED) is 0.855. The van der Waals surface area contributed by atoms with Crippen LogP contribution in [0.2, 0.25) is 0 Å². The second-order valence-electron chi connectivity index (χ2n) is 6.26. The molecule has 126 valence electrons. The Labute approximate surface area is 133 Å². The summed E-state index contributed by atoms with van der Waals surface area (Å²) in [6.07, 6.45) is 2.41. The van der Waals surface area contributed by atoms with Crippen LogP contribution in [0.15, 0.2) is 0 Å². The number of nitrogens with zero attached hydrogens (tertiary/aromatic N) is 3. The summed E-state index contributed by atoms with van der Waals surface area (Å²) in [5, 5.41) is 4.46. The van der Waals surface area contributed by atoms with E-state index in [1.807, 2.05) is 25.6 Å². The van der Waals surface area contributed by atoms with Gasteiger partial charge in [0, 0.05) is 44.0 Å².